The molecule has 0 saturated carbocycles. The van der Waals surface area contributed by atoms with Gasteiger partial charge in [-0.25, -0.2) is 4.98 Å². The van der Waals surface area contributed by atoms with Gasteiger partial charge in [0.05, 0.1) is 5.69 Å². The lowest BCUT2D eigenvalue weighted by molar-refractivity contribution is 0.867. The molecule has 0 spiro atoms. The van der Waals surface area contributed by atoms with E-state index in [9.17, 15) is 0 Å². The second-order valence-corrected chi connectivity index (χ2v) is 6.42. The summed E-state index contributed by atoms with van der Waals surface area (Å²) < 4.78 is 0. The number of hydrogen-bond donors (Lipinski definition) is 2. The maximum atomic E-state index is 5.82. The van der Waals surface area contributed by atoms with Crippen molar-refractivity contribution in [2.24, 2.45) is 0 Å². The Balaban J connectivity index is 1.77. The zero-order chi connectivity index (χ0) is 15.5. The van der Waals surface area contributed by atoms with E-state index in [-0.39, 0.29) is 0 Å². The first-order valence-electron chi connectivity index (χ1n) is 7.30. The first kappa shape index (κ1) is 14.6. The van der Waals surface area contributed by atoms with Crippen molar-refractivity contribution in [1.29, 1.82) is 0 Å². The molecule has 0 aliphatic heterocycles. The summed E-state index contributed by atoms with van der Waals surface area (Å²) in [5, 5.41) is 6.28. The summed E-state index contributed by atoms with van der Waals surface area (Å²) in [7, 11) is 0. The van der Waals surface area contributed by atoms with Crippen LogP contribution in [0, 0.1) is 0 Å². The van der Waals surface area contributed by atoms with Crippen molar-refractivity contribution in [3.05, 3.63) is 59.5 Å². The summed E-state index contributed by atoms with van der Waals surface area (Å²) in [6, 6.07) is 16.3. The fraction of sp³-hybridized carbons (Fsp3) is 0.167. The number of nitrogens with zero attached hydrogens (tertiary/aromatic N) is 1. The van der Waals surface area contributed by atoms with Crippen LogP contribution < -0.4 is 11.1 Å². The first-order chi connectivity index (χ1) is 10.6. The van der Waals surface area contributed by atoms with E-state index in [1.54, 1.807) is 11.3 Å². The molecule has 0 saturated heterocycles. The Bertz CT molecular complexity index is 760. The molecular formula is C18H19N3S. The van der Waals surface area contributed by atoms with Crippen molar-refractivity contribution >= 4 is 27.8 Å². The summed E-state index contributed by atoms with van der Waals surface area (Å²) in [5.74, 6) is 0.545. The van der Waals surface area contributed by atoms with E-state index in [1.165, 1.54) is 5.56 Å². The second-order valence-electron chi connectivity index (χ2n) is 5.57. The van der Waals surface area contributed by atoms with Gasteiger partial charge >= 0.3 is 0 Å². The highest BCUT2D eigenvalue weighted by Crippen LogP contribution is 2.28. The Morgan fingerprint density at radius 3 is 2.55 bits per heavy atom. The predicted molar refractivity (Wildman–Crippen MR) is 95.8 cm³/mol. The molecule has 0 bridgehead atoms. The Hall–Kier alpha value is -2.33. The normalized spacial score (nSPS) is 10.9. The summed E-state index contributed by atoms with van der Waals surface area (Å²) in [5.41, 5.74) is 11.0. The number of anilines is 3. The van der Waals surface area contributed by atoms with Gasteiger partial charge in [0, 0.05) is 22.3 Å². The van der Waals surface area contributed by atoms with Crippen LogP contribution in [0.4, 0.5) is 16.5 Å². The van der Waals surface area contributed by atoms with E-state index in [1.807, 2.05) is 29.6 Å². The fourth-order valence-corrected chi connectivity index (χ4v) is 2.98. The van der Waals surface area contributed by atoms with E-state index in [2.05, 4.69) is 48.4 Å². The number of benzene rings is 2. The Labute approximate surface area is 134 Å². The van der Waals surface area contributed by atoms with Crippen molar-refractivity contribution in [2.45, 2.75) is 19.8 Å². The van der Waals surface area contributed by atoms with E-state index >= 15 is 0 Å². The molecular weight excluding hydrogens is 290 g/mol. The maximum absolute atomic E-state index is 5.82. The fourth-order valence-electron chi connectivity index (χ4n) is 2.24. The number of nitrogen functional groups attached to an aromatic ring is 1. The van der Waals surface area contributed by atoms with Gasteiger partial charge in [0.2, 0.25) is 0 Å². The number of rotatable bonds is 4. The van der Waals surface area contributed by atoms with Gasteiger partial charge in [-0.3, -0.25) is 0 Å². The van der Waals surface area contributed by atoms with Crippen LogP contribution in [-0.2, 0) is 0 Å². The minimum atomic E-state index is 0.545. The quantitative estimate of drug-likeness (QED) is 0.646. The predicted octanol–water partition coefficient (Wildman–Crippen LogP) is 5.26. The van der Waals surface area contributed by atoms with Gasteiger partial charge in [-0.15, -0.1) is 11.3 Å². The van der Waals surface area contributed by atoms with Crippen molar-refractivity contribution in [1.82, 2.24) is 4.98 Å². The highest BCUT2D eigenvalue weighted by molar-refractivity contribution is 7.14. The smallest absolute Gasteiger partial charge is 0.187 e. The molecule has 0 aliphatic rings. The Kier molecular flexibility index (Phi) is 4.11. The van der Waals surface area contributed by atoms with Crippen LogP contribution in [0.3, 0.4) is 0 Å². The van der Waals surface area contributed by atoms with E-state index < -0.39 is 0 Å². The molecule has 22 heavy (non-hydrogen) atoms. The average Bonchev–Trinajstić information content (AvgIpc) is 2.96. The molecule has 1 aromatic heterocycles. The number of aromatic nitrogens is 1. The highest BCUT2D eigenvalue weighted by atomic mass is 32.1. The largest absolute Gasteiger partial charge is 0.399 e. The van der Waals surface area contributed by atoms with Crippen molar-refractivity contribution in [2.75, 3.05) is 11.1 Å². The van der Waals surface area contributed by atoms with Gasteiger partial charge in [-0.2, -0.15) is 0 Å². The summed E-state index contributed by atoms with van der Waals surface area (Å²) >= 11 is 1.59. The molecule has 3 N–H and O–H groups in total. The van der Waals surface area contributed by atoms with Crippen molar-refractivity contribution in [3.8, 4) is 11.3 Å². The summed E-state index contributed by atoms with van der Waals surface area (Å²) in [4.78, 5) is 4.63. The molecule has 4 heteroatoms. The molecule has 112 valence electrons. The van der Waals surface area contributed by atoms with Gasteiger partial charge in [-0.1, -0.05) is 38.1 Å². The zero-order valence-electron chi connectivity index (χ0n) is 12.7. The minimum absolute atomic E-state index is 0.545. The zero-order valence-corrected chi connectivity index (χ0v) is 13.5. The van der Waals surface area contributed by atoms with Crippen LogP contribution >= 0.6 is 11.3 Å². The van der Waals surface area contributed by atoms with Gasteiger partial charge in [-0.05, 0) is 35.7 Å². The Morgan fingerprint density at radius 2 is 1.86 bits per heavy atom. The first-order valence-corrected chi connectivity index (χ1v) is 8.18. The van der Waals surface area contributed by atoms with E-state index in [0.717, 1.165) is 27.8 Å². The summed E-state index contributed by atoms with van der Waals surface area (Å²) in [6.45, 7) is 4.39. The molecule has 1 heterocycles. The van der Waals surface area contributed by atoms with Gasteiger partial charge in [0.25, 0.3) is 0 Å². The maximum Gasteiger partial charge on any atom is 0.187 e. The topological polar surface area (TPSA) is 50.9 Å². The number of nitrogens with one attached hydrogen (secondary N) is 1. The van der Waals surface area contributed by atoms with Crippen LogP contribution in [-0.4, -0.2) is 4.98 Å². The van der Waals surface area contributed by atoms with Crippen molar-refractivity contribution < 1.29 is 0 Å². The third-order valence-corrected chi connectivity index (χ3v) is 4.27. The van der Waals surface area contributed by atoms with Gasteiger partial charge in [0.15, 0.2) is 5.13 Å². The molecule has 3 aromatic rings. The van der Waals surface area contributed by atoms with Gasteiger partial charge < -0.3 is 11.1 Å². The second kappa shape index (κ2) is 6.20. The van der Waals surface area contributed by atoms with Crippen LogP contribution in [0.2, 0.25) is 0 Å². The number of thiazole rings is 1. The van der Waals surface area contributed by atoms with Crippen LogP contribution in [0.15, 0.2) is 53.9 Å². The molecule has 3 rings (SSSR count). The van der Waals surface area contributed by atoms with Crippen LogP contribution in [0.1, 0.15) is 25.3 Å². The lowest BCUT2D eigenvalue weighted by Gasteiger charge is -2.07. The monoisotopic (exact) mass is 309 g/mol. The molecule has 3 nitrogen and oxygen atoms in total. The third-order valence-electron chi connectivity index (χ3n) is 3.52. The highest BCUT2D eigenvalue weighted by Gasteiger charge is 2.06. The number of hydrogen-bond acceptors (Lipinski definition) is 4. The SMILES string of the molecule is CC(C)c1ccc(Nc2nc(-c3cccc(N)c3)cs2)cc1. The van der Waals surface area contributed by atoms with Crippen molar-refractivity contribution in [3.63, 3.8) is 0 Å². The summed E-state index contributed by atoms with van der Waals surface area (Å²) in [6.07, 6.45) is 0. The lowest BCUT2D eigenvalue weighted by atomic mass is 10.0. The standard InChI is InChI=1S/C18H19N3S/c1-12(2)13-6-8-16(9-7-13)20-18-21-17(11-22-18)14-4-3-5-15(19)10-14/h3-12H,19H2,1-2H3,(H,20,21). The van der Waals surface area contributed by atoms with E-state index in [4.69, 9.17) is 5.73 Å². The average molecular weight is 309 g/mol. The van der Waals surface area contributed by atoms with Crippen LogP contribution in [0.25, 0.3) is 11.3 Å². The molecule has 0 amide bonds. The molecule has 2 aromatic carbocycles. The Morgan fingerprint density at radius 1 is 1.09 bits per heavy atom. The molecule has 0 fully saturated rings. The van der Waals surface area contributed by atoms with Crippen LogP contribution in [0.5, 0.6) is 0 Å². The lowest BCUT2D eigenvalue weighted by Crippen LogP contribution is -1.92. The third kappa shape index (κ3) is 3.28. The molecule has 0 radical (unpaired) electrons. The number of nitrogens with two attached hydrogens (primary N) is 1. The van der Waals surface area contributed by atoms with Gasteiger partial charge in [0.1, 0.15) is 0 Å². The molecule has 0 aliphatic carbocycles. The molecule has 0 unspecified atom stereocenters. The minimum Gasteiger partial charge on any atom is -0.399 e. The van der Waals surface area contributed by atoms with E-state index in [0.29, 0.717) is 5.92 Å². The molecule has 0 atom stereocenters.